The Hall–Kier alpha value is -2.90. The number of amides is 2. The van der Waals surface area contributed by atoms with Crippen LogP contribution in [0.5, 0.6) is 0 Å². The molecule has 194 valence electrons. The predicted octanol–water partition coefficient (Wildman–Crippen LogP) is 3.11. The van der Waals surface area contributed by atoms with Gasteiger partial charge >= 0.3 is 6.03 Å². The van der Waals surface area contributed by atoms with Crippen LogP contribution in [-0.2, 0) is 20.6 Å². The first-order chi connectivity index (χ1) is 17.5. The maximum Gasteiger partial charge on any atom is 0.319 e. The molecule has 9 nitrogen and oxygen atoms in total. The minimum Gasteiger partial charge on any atom is -0.394 e. The smallest absolute Gasteiger partial charge is 0.319 e. The molecule has 9 heteroatoms. The standard InChI is InChI=1S/C27H35N3O6/c1-17-26(18(2)36-30-17)29-27(32)28-22-15-25-24(13-11-21(16-31)34-25)35-23(22)12-10-20-8-6-19(7-9-20)5-4-14-33-3/h6-9,21-25,31H,10-16H2,1-3H3,(H2,28,29,32)/t21-,22-,23-,24+,25+/m1/s1. The van der Waals surface area contributed by atoms with E-state index in [0.29, 0.717) is 30.2 Å². The highest BCUT2D eigenvalue weighted by molar-refractivity contribution is 5.90. The van der Waals surface area contributed by atoms with Crippen LogP contribution >= 0.6 is 0 Å². The van der Waals surface area contributed by atoms with Gasteiger partial charge in [0.25, 0.3) is 0 Å². The zero-order chi connectivity index (χ0) is 25.5. The van der Waals surface area contributed by atoms with Crippen molar-refractivity contribution in [3.8, 4) is 11.8 Å². The average molecular weight is 498 g/mol. The van der Waals surface area contributed by atoms with Crippen LogP contribution in [0.2, 0.25) is 0 Å². The first-order valence-electron chi connectivity index (χ1n) is 12.5. The molecule has 0 aliphatic carbocycles. The third kappa shape index (κ3) is 6.65. The molecule has 2 saturated heterocycles. The van der Waals surface area contributed by atoms with E-state index in [-0.39, 0.29) is 43.1 Å². The fourth-order valence-electron chi connectivity index (χ4n) is 4.83. The number of aliphatic hydroxyl groups excluding tert-OH is 1. The highest BCUT2D eigenvalue weighted by atomic mass is 16.6. The van der Waals surface area contributed by atoms with Gasteiger partial charge in [-0.1, -0.05) is 29.1 Å². The molecule has 3 N–H and O–H groups in total. The van der Waals surface area contributed by atoms with Gasteiger partial charge in [-0.25, -0.2) is 4.79 Å². The van der Waals surface area contributed by atoms with E-state index in [1.165, 1.54) is 5.56 Å². The van der Waals surface area contributed by atoms with Gasteiger partial charge in [0.1, 0.15) is 18.0 Å². The highest BCUT2D eigenvalue weighted by Crippen LogP contribution is 2.33. The molecular weight excluding hydrogens is 462 g/mol. The third-order valence-electron chi connectivity index (χ3n) is 6.75. The predicted molar refractivity (Wildman–Crippen MR) is 134 cm³/mol. The van der Waals surface area contributed by atoms with Crippen molar-refractivity contribution >= 4 is 11.7 Å². The number of fused-ring (bicyclic) bond motifs is 1. The molecule has 0 bridgehead atoms. The summed E-state index contributed by atoms with van der Waals surface area (Å²) in [4.78, 5) is 12.9. The van der Waals surface area contributed by atoms with E-state index in [0.717, 1.165) is 31.2 Å². The van der Waals surface area contributed by atoms with Crippen molar-refractivity contribution in [2.75, 3.05) is 25.6 Å². The van der Waals surface area contributed by atoms with Gasteiger partial charge in [-0.3, -0.25) is 0 Å². The molecule has 2 aliphatic heterocycles. The number of nitrogens with zero attached hydrogens (tertiary/aromatic N) is 1. The van der Waals surface area contributed by atoms with Crippen molar-refractivity contribution in [1.29, 1.82) is 0 Å². The molecular formula is C27H35N3O6. The summed E-state index contributed by atoms with van der Waals surface area (Å²) in [7, 11) is 1.63. The number of hydrogen-bond donors (Lipinski definition) is 3. The van der Waals surface area contributed by atoms with Gasteiger partial charge in [0.2, 0.25) is 0 Å². The number of aromatic nitrogens is 1. The maximum absolute atomic E-state index is 12.9. The van der Waals surface area contributed by atoms with Crippen LogP contribution in [0, 0.1) is 25.7 Å². The molecule has 1 aromatic heterocycles. The lowest BCUT2D eigenvalue weighted by Gasteiger charge is -2.45. The van der Waals surface area contributed by atoms with E-state index in [1.54, 1.807) is 21.0 Å². The zero-order valence-electron chi connectivity index (χ0n) is 21.1. The minimum absolute atomic E-state index is 0.0108. The monoisotopic (exact) mass is 497 g/mol. The van der Waals surface area contributed by atoms with Crippen LogP contribution in [0.3, 0.4) is 0 Å². The summed E-state index contributed by atoms with van der Waals surface area (Å²) >= 11 is 0. The second-order valence-corrected chi connectivity index (χ2v) is 9.38. The summed E-state index contributed by atoms with van der Waals surface area (Å²) in [6, 6.07) is 7.58. The summed E-state index contributed by atoms with van der Waals surface area (Å²) < 4.78 is 22.7. The van der Waals surface area contributed by atoms with Gasteiger partial charge in [-0.15, -0.1) is 0 Å². The summed E-state index contributed by atoms with van der Waals surface area (Å²) in [6.45, 7) is 3.93. The number of benzene rings is 1. The third-order valence-corrected chi connectivity index (χ3v) is 6.75. The first kappa shape index (κ1) is 26.2. The van der Waals surface area contributed by atoms with Crippen LogP contribution < -0.4 is 10.6 Å². The summed E-state index contributed by atoms with van der Waals surface area (Å²) in [5.41, 5.74) is 3.32. The quantitative estimate of drug-likeness (QED) is 0.504. The largest absolute Gasteiger partial charge is 0.394 e. The number of anilines is 1. The molecule has 0 saturated carbocycles. The molecule has 2 amide bonds. The number of carbonyl (C=O) groups excluding carboxylic acids is 1. The minimum atomic E-state index is -0.338. The van der Waals surface area contributed by atoms with E-state index >= 15 is 0 Å². The van der Waals surface area contributed by atoms with Gasteiger partial charge in [-0.05, 0) is 63.6 Å². The number of ether oxygens (including phenoxy) is 3. The van der Waals surface area contributed by atoms with Crippen LogP contribution in [-0.4, -0.2) is 67.1 Å². The lowest BCUT2D eigenvalue weighted by molar-refractivity contribution is -0.201. The van der Waals surface area contributed by atoms with Crippen LogP contribution in [0.4, 0.5) is 10.5 Å². The van der Waals surface area contributed by atoms with Crippen molar-refractivity contribution < 1.29 is 28.6 Å². The highest BCUT2D eigenvalue weighted by Gasteiger charge is 2.42. The Morgan fingerprint density at radius 3 is 2.69 bits per heavy atom. The molecule has 2 aromatic rings. The van der Waals surface area contributed by atoms with E-state index in [1.807, 2.05) is 12.1 Å². The Morgan fingerprint density at radius 1 is 1.19 bits per heavy atom. The molecule has 0 spiro atoms. The van der Waals surface area contributed by atoms with Crippen molar-refractivity contribution in [2.24, 2.45) is 0 Å². The number of rotatable bonds is 7. The molecule has 5 atom stereocenters. The number of urea groups is 1. The van der Waals surface area contributed by atoms with Crippen LogP contribution in [0.1, 0.15) is 48.3 Å². The van der Waals surface area contributed by atoms with Gasteiger partial charge in [0.05, 0.1) is 37.1 Å². The van der Waals surface area contributed by atoms with Gasteiger partial charge in [0, 0.05) is 12.7 Å². The topological polar surface area (TPSA) is 115 Å². The summed E-state index contributed by atoms with van der Waals surface area (Å²) in [5.74, 6) is 6.59. The second-order valence-electron chi connectivity index (χ2n) is 9.38. The number of aryl methyl sites for hydroxylation is 3. The number of methoxy groups -OCH3 is 1. The lowest BCUT2D eigenvalue weighted by Crippen LogP contribution is -2.58. The number of hydrogen-bond acceptors (Lipinski definition) is 7. The molecule has 36 heavy (non-hydrogen) atoms. The van der Waals surface area contributed by atoms with E-state index < -0.39 is 0 Å². The van der Waals surface area contributed by atoms with E-state index in [9.17, 15) is 9.90 Å². The van der Waals surface area contributed by atoms with Gasteiger partial charge < -0.3 is 34.5 Å². The fraction of sp³-hybridized carbons (Fsp3) is 0.556. The van der Waals surface area contributed by atoms with Crippen molar-refractivity contribution in [1.82, 2.24) is 10.5 Å². The fourth-order valence-corrected chi connectivity index (χ4v) is 4.83. The zero-order valence-corrected chi connectivity index (χ0v) is 21.1. The number of carbonyl (C=O) groups is 1. The van der Waals surface area contributed by atoms with Gasteiger partial charge in [-0.2, -0.15) is 0 Å². The Kier molecular flexibility index (Phi) is 8.99. The summed E-state index contributed by atoms with van der Waals surface area (Å²) in [6.07, 6.45) is 3.20. The molecule has 2 aliphatic rings. The first-order valence-corrected chi connectivity index (χ1v) is 12.5. The molecule has 0 radical (unpaired) electrons. The number of nitrogens with one attached hydrogen (secondary N) is 2. The molecule has 4 rings (SSSR count). The van der Waals surface area contributed by atoms with Gasteiger partial charge in [0.15, 0.2) is 5.76 Å². The summed E-state index contributed by atoms with van der Waals surface area (Å²) in [5, 5.41) is 19.4. The normalized spacial score (nSPS) is 25.4. The Balaban J connectivity index is 1.41. The van der Waals surface area contributed by atoms with E-state index in [2.05, 4.69) is 39.8 Å². The average Bonchev–Trinajstić information content (AvgIpc) is 3.20. The lowest BCUT2D eigenvalue weighted by atomic mass is 9.88. The molecule has 1 aromatic carbocycles. The van der Waals surface area contributed by atoms with Crippen LogP contribution in [0.25, 0.3) is 0 Å². The molecule has 2 fully saturated rings. The van der Waals surface area contributed by atoms with Crippen molar-refractivity contribution in [3.63, 3.8) is 0 Å². The van der Waals surface area contributed by atoms with E-state index in [4.69, 9.17) is 18.7 Å². The molecule has 3 heterocycles. The van der Waals surface area contributed by atoms with Crippen molar-refractivity contribution in [2.45, 2.75) is 76.4 Å². The number of aliphatic hydroxyl groups is 1. The Morgan fingerprint density at radius 2 is 2.00 bits per heavy atom. The second kappa shape index (κ2) is 12.4. The Bertz CT molecular complexity index is 1050. The van der Waals surface area contributed by atoms with Crippen LogP contribution in [0.15, 0.2) is 28.8 Å². The molecule has 0 unspecified atom stereocenters. The SMILES string of the molecule is COCC#Cc1ccc(CC[C@H]2O[C@H]3CC[C@H](CO)O[C@H]3C[C@H]2NC(=O)Nc2c(C)noc2C)cc1. The Labute approximate surface area is 211 Å². The van der Waals surface area contributed by atoms with Crippen molar-refractivity contribution in [3.05, 3.63) is 46.8 Å². The maximum atomic E-state index is 12.9.